The molecule has 1 unspecified atom stereocenters. The first-order valence-electron chi connectivity index (χ1n) is 15.3. The number of hydrogen-bond donors (Lipinski definition) is 1. The maximum atomic E-state index is 10.1. The Morgan fingerprint density at radius 1 is 1.02 bits per heavy atom. The number of phenolic OH excluding ortho intramolecular Hbond substituents is 1. The Labute approximate surface area is 240 Å². The summed E-state index contributed by atoms with van der Waals surface area (Å²) in [6.07, 6.45) is 7.60. The molecule has 2 aromatic heterocycles. The quantitative estimate of drug-likeness (QED) is 0.417. The van der Waals surface area contributed by atoms with Gasteiger partial charge in [-0.3, -0.25) is 14.7 Å². The zero-order chi connectivity index (χ0) is 28.3. The molecule has 0 bridgehead atoms. The van der Waals surface area contributed by atoms with E-state index in [-0.39, 0.29) is 5.54 Å². The SMILES string of the molecule is CCCC(c1nc2cc(CN3CCC(c4cccc(O)c4)(N(C)C)CC3)cnc2n1CC)N1CCCN(C)CC1. The van der Waals surface area contributed by atoms with E-state index in [0.717, 1.165) is 82.7 Å². The van der Waals surface area contributed by atoms with Crippen LogP contribution in [-0.2, 0) is 18.6 Å². The maximum Gasteiger partial charge on any atom is 0.160 e. The van der Waals surface area contributed by atoms with Gasteiger partial charge in [0.25, 0.3) is 0 Å². The zero-order valence-electron chi connectivity index (χ0n) is 25.3. The number of aromatic nitrogens is 3. The fourth-order valence-corrected chi connectivity index (χ4v) is 6.98. The Balaban J connectivity index is 1.34. The second-order valence-electron chi connectivity index (χ2n) is 12.2. The Morgan fingerprint density at radius 3 is 2.52 bits per heavy atom. The summed E-state index contributed by atoms with van der Waals surface area (Å²) >= 11 is 0. The average Bonchev–Trinajstić information content (AvgIpc) is 3.17. The van der Waals surface area contributed by atoms with Gasteiger partial charge in [-0.15, -0.1) is 0 Å². The largest absolute Gasteiger partial charge is 0.508 e. The summed E-state index contributed by atoms with van der Waals surface area (Å²) in [5, 5.41) is 10.1. The molecular formula is C32H49N7O. The van der Waals surface area contributed by atoms with Gasteiger partial charge in [-0.1, -0.05) is 25.5 Å². The monoisotopic (exact) mass is 547 g/mol. The number of fused-ring (bicyclic) bond motifs is 1. The molecule has 0 saturated carbocycles. The van der Waals surface area contributed by atoms with Crippen LogP contribution in [0.1, 0.15) is 68.9 Å². The molecule has 1 N–H and O–H groups in total. The summed E-state index contributed by atoms with van der Waals surface area (Å²) in [7, 11) is 6.56. The Kier molecular flexibility index (Phi) is 9.10. The van der Waals surface area contributed by atoms with Gasteiger partial charge in [0.15, 0.2) is 5.65 Å². The van der Waals surface area contributed by atoms with Gasteiger partial charge < -0.3 is 14.6 Å². The van der Waals surface area contributed by atoms with E-state index in [9.17, 15) is 5.11 Å². The summed E-state index contributed by atoms with van der Waals surface area (Å²) < 4.78 is 2.36. The van der Waals surface area contributed by atoms with E-state index in [1.54, 1.807) is 6.07 Å². The molecule has 4 heterocycles. The summed E-state index contributed by atoms with van der Waals surface area (Å²) in [4.78, 5) is 20.2. The van der Waals surface area contributed by atoms with Crippen LogP contribution in [0.15, 0.2) is 36.5 Å². The molecule has 8 heteroatoms. The first-order chi connectivity index (χ1) is 19.3. The highest BCUT2D eigenvalue weighted by Gasteiger charge is 2.38. The van der Waals surface area contributed by atoms with Crippen molar-refractivity contribution in [2.75, 3.05) is 60.4 Å². The van der Waals surface area contributed by atoms with E-state index in [4.69, 9.17) is 9.97 Å². The molecule has 3 aromatic rings. The van der Waals surface area contributed by atoms with E-state index < -0.39 is 0 Å². The van der Waals surface area contributed by atoms with Crippen LogP contribution in [0.25, 0.3) is 11.2 Å². The van der Waals surface area contributed by atoms with Crippen molar-refractivity contribution in [2.45, 2.75) is 70.6 Å². The van der Waals surface area contributed by atoms with Crippen LogP contribution in [0.2, 0.25) is 0 Å². The fourth-order valence-electron chi connectivity index (χ4n) is 6.98. The van der Waals surface area contributed by atoms with E-state index in [1.807, 2.05) is 12.1 Å². The zero-order valence-corrected chi connectivity index (χ0v) is 25.3. The van der Waals surface area contributed by atoms with Gasteiger partial charge in [-0.2, -0.15) is 0 Å². The number of rotatable bonds is 9. The third-order valence-corrected chi connectivity index (χ3v) is 9.37. The first kappa shape index (κ1) is 29.0. The van der Waals surface area contributed by atoms with Gasteiger partial charge in [0.2, 0.25) is 0 Å². The highest BCUT2D eigenvalue weighted by atomic mass is 16.3. The number of phenols is 1. The Bertz CT molecular complexity index is 1260. The van der Waals surface area contributed by atoms with Gasteiger partial charge in [0.05, 0.1) is 6.04 Å². The summed E-state index contributed by atoms with van der Waals surface area (Å²) in [5.74, 6) is 1.53. The van der Waals surface area contributed by atoms with Gasteiger partial charge in [0, 0.05) is 57.5 Å². The van der Waals surface area contributed by atoms with Crippen LogP contribution in [0.4, 0.5) is 0 Å². The van der Waals surface area contributed by atoms with E-state index in [1.165, 1.54) is 29.9 Å². The second-order valence-corrected chi connectivity index (χ2v) is 12.2. The topological polar surface area (TPSA) is 63.9 Å². The number of likely N-dealkylation sites (tertiary alicyclic amines) is 1. The number of pyridine rings is 1. The highest BCUT2D eigenvalue weighted by Crippen LogP contribution is 2.39. The van der Waals surface area contributed by atoms with Crippen molar-refractivity contribution in [3.8, 4) is 5.75 Å². The third-order valence-electron chi connectivity index (χ3n) is 9.37. The minimum absolute atomic E-state index is 0.0529. The lowest BCUT2D eigenvalue weighted by atomic mass is 9.79. The smallest absolute Gasteiger partial charge is 0.160 e. The molecular weight excluding hydrogens is 498 g/mol. The molecule has 218 valence electrons. The van der Waals surface area contributed by atoms with Crippen LogP contribution in [-0.4, -0.2) is 99.7 Å². The summed E-state index contributed by atoms with van der Waals surface area (Å²) in [6.45, 7) is 12.8. The molecule has 0 radical (unpaired) electrons. The van der Waals surface area contributed by atoms with Crippen molar-refractivity contribution in [1.29, 1.82) is 0 Å². The van der Waals surface area contributed by atoms with Crippen LogP contribution in [0.5, 0.6) is 5.75 Å². The van der Waals surface area contributed by atoms with Crippen LogP contribution < -0.4 is 0 Å². The molecule has 40 heavy (non-hydrogen) atoms. The minimum atomic E-state index is -0.0529. The summed E-state index contributed by atoms with van der Waals surface area (Å²) in [6, 6.07) is 10.4. The van der Waals surface area contributed by atoms with E-state index >= 15 is 0 Å². The van der Waals surface area contributed by atoms with Crippen molar-refractivity contribution in [3.63, 3.8) is 0 Å². The number of piperidine rings is 1. The number of aromatic hydroxyl groups is 1. The number of hydrogen-bond acceptors (Lipinski definition) is 7. The van der Waals surface area contributed by atoms with Gasteiger partial charge in [-0.25, -0.2) is 9.97 Å². The Morgan fingerprint density at radius 2 is 1.82 bits per heavy atom. The van der Waals surface area contributed by atoms with Crippen LogP contribution in [0, 0.1) is 0 Å². The third kappa shape index (κ3) is 5.91. The number of likely N-dealkylation sites (N-methyl/N-ethyl adjacent to an activating group) is 1. The maximum absolute atomic E-state index is 10.1. The highest BCUT2D eigenvalue weighted by molar-refractivity contribution is 5.72. The predicted octanol–water partition coefficient (Wildman–Crippen LogP) is 4.69. The van der Waals surface area contributed by atoms with Crippen molar-refractivity contribution in [1.82, 2.24) is 34.1 Å². The number of benzene rings is 1. The Hall–Kier alpha value is -2.52. The lowest BCUT2D eigenvalue weighted by Crippen LogP contribution is -2.50. The molecule has 1 atom stereocenters. The van der Waals surface area contributed by atoms with Crippen LogP contribution >= 0.6 is 0 Å². The lowest BCUT2D eigenvalue weighted by molar-refractivity contribution is 0.0505. The first-order valence-corrected chi connectivity index (χ1v) is 15.3. The van der Waals surface area contributed by atoms with Gasteiger partial charge in [-0.05, 0) is 89.6 Å². The molecule has 8 nitrogen and oxygen atoms in total. The van der Waals surface area contributed by atoms with E-state index in [2.05, 4.69) is 77.5 Å². The number of imidazole rings is 1. The van der Waals surface area contributed by atoms with Crippen molar-refractivity contribution in [2.24, 2.45) is 0 Å². The fraction of sp³-hybridized carbons (Fsp3) is 0.625. The normalized spacial score (nSPS) is 20.2. The van der Waals surface area contributed by atoms with Gasteiger partial charge in [0.1, 0.15) is 17.1 Å². The van der Waals surface area contributed by atoms with Crippen LogP contribution in [0.3, 0.4) is 0 Å². The van der Waals surface area contributed by atoms with Crippen molar-refractivity contribution >= 4 is 11.2 Å². The molecule has 1 aromatic carbocycles. The number of nitrogens with zero attached hydrogens (tertiary/aromatic N) is 7. The van der Waals surface area contributed by atoms with Gasteiger partial charge >= 0.3 is 0 Å². The van der Waals surface area contributed by atoms with Crippen molar-refractivity contribution in [3.05, 3.63) is 53.5 Å². The van der Waals surface area contributed by atoms with E-state index in [0.29, 0.717) is 11.8 Å². The molecule has 2 aliphatic heterocycles. The predicted molar refractivity (Wildman–Crippen MR) is 163 cm³/mol. The molecule has 2 saturated heterocycles. The lowest BCUT2D eigenvalue weighted by Gasteiger charge is -2.46. The molecule has 0 amide bonds. The molecule has 5 rings (SSSR count). The molecule has 0 aliphatic carbocycles. The molecule has 0 spiro atoms. The average molecular weight is 548 g/mol. The molecule has 2 aliphatic rings. The second kappa shape index (κ2) is 12.6. The van der Waals surface area contributed by atoms with Crippen molar-refractivity contribution < 1.29 is 5.11 Å². The summed E-state index contributed by atoms with van der Waals surface area (Å²) in [5.41, 5.74) is 4.43. The molecule has 2 fully saturated rings. The standard InChI is InChI=1S/C32H49N7O/c1-6-10-29(38-16-9-15-36(5)19-20-38)31-34-28-21-25(23-33-30(28)39(31)7-2)24-37-17-13-32(14-18-37,35(3)4)26-11-8-12-27(40)22-26/h8,11-12,21-23,29,40H,6-7,9-10,13-20,24H2,1-5H3. The minimum Gasteiger partial charge on any atom is -0.508 e. The number of aryl methyl sites for hydroxylation is 1.